The predicted molar refractivity (Wildman–Crippen MR) is 99.2 cm³/mol. The fourth-order valence-corrected chi connectivity index (χ4v) is 3.63. The zero-order valence-corrected chi connectivity index (χ0v) is 15.6. The number of carbonyl (C=O) groups excluding carboxylic acids is 2. The molecule has 0 aromatic carbocycles. The summed E-state index contributed by atoms with van der Waals surface area (Å²) in [5.74, 6) is 0.0272. The number of hydrogen-bond donors (Lipinski definition) is 1. The Hall–Kier alpha value is -2.72. The van der Waals surface area contributed by atoms with Crippen molar-refractivity contribution in [3.63, 3.8) is 0 Å². The first-order valence-electron chi connectivity index (χ1n) is 7.49. The summed E-state index contributed by atoms with van der Waals surface area (Å²) in [7, 11) is 3.12. The predicted octanol–water partition coefficient (Wildman–Crippen LogP) is 2.46. The van der Waals surface area contributed by atoms with Gasteiger partial charge in [0.05, 0.1) is 18.4 Å². The van der Waals surface area contributed by atoms with Gasteiger partial charge < -0.3 is 14.6 Å². The van der Waals surface area contributed by atoms with E-state index < -0.39 is 5.97 Å². The molecule has 0 radical (unpaired) electrons. The van der Waals surface area contributed by atoms with Crippen LogP contribution in [0.25, 0.3) is 11.5 Å². The number of rotatable bonds is 6. The first-order valence-corrected chi connectivity index (χ1v) is 9.36. The normalized spacial score (nSPS) is 10.5. The van der Waals surface area contributed by atoms with Crippen molar-refractivity contribution in [1.29, 1.82) is 0 Å². The minimum atomic E-state index is -0.484. The Balaban J connectivity index is 1.63. The number of thiophene rings is 1. The molecule has 0 aliphatic heterocycles. The van der Waals surface area contributed by atoms with E-state index in [1.54, 1.807) is 22.2 Å². The van der Waals surface area contributed by atoms with Gasteiger partial charge in [0.25, 0.3) is 0 Å². The van der Waals surface area contributed by atoms with Crippen molar-refractivity contribution in [2.24, 2.45) is 7.05 Å². The van der Waals surface area contributed by atoms with E-state index in [0.29, 0.717) is 27.2 Å². The van der Waals surface area contributed by atoms with Gasteiger partial charge in [0.1, 0.15) is 10.7 Å². The van der Waals surface area contributed by atoms with Crippen molar-refractivity contribution < 1.29 is 14.3 Å². The van der Waals surface area contributed by atoms with Crippen molar-refractivity contribution in [2.45, 2.75) is 5.16 Å². The van der Waals surface area contributed by atoms with Gasteiger partial charge in [-0.2, -0.15) is 0 Å². The minimum absolute atomic E-state index is 0.132. The molecule has 3 aromatic rings. The summed E-state index contributed by atoms with van der Waals surface area (Å²) in [6.07, 6.45) is 1.68. The van der Waals surface area contributed by atoms with Crippen LogP contribution in [0.4, 0.5) is 5.00 Å². The Morgan fingerprint density at radius 3 is 2.88 bits per heavy atom. The maximum Gasteiger partial charge on any atom is 0.340 e. The van der Waals surface area contributed by atoms with E-state index >= 15 is 0 Å². The molecule has 10 heteroatoms. The summed E-state index contributed by atoms with van der Waals surface area (Å²) in [4.78, 5) is 28.1. The molecule has 0 fully saturated rings. The van der Waals surface area contributed by atoms with Gasteiger partial charge in [0.2, 0.25) is 5.91 Å². The molecule has 0 bridgehead atoms. The summed E-state index contributed by atoms with van der Waals surface area (Å²) in [6, 6.07) is 7.15. The number of nitrogens with one attached hydrogen (secondary N) is 1. The number of amides is 1. The van der Waals surface area contributed by atoms with Crippen molar-refractivity contribution in [1.82, 2.24) is 19.7 Å². The Morgan fingerprint density at radius 1 is 1.31 bits per heavy atom. The van der Waals surface area contributed by atoms with Crippen LogP contribution in [0, 0.1) is 0 Å². The molecule has 3 rings (SSSR count). The molecule has 0 unspecified atom stereocenters. The number of ether oxygens (including phenoxy) is 1. The van der Waals surface area contributed by atoms with Gasteiger partial charge in [-0.3, -0.25) is 9.78 Å². The fourth-order valence-electron chi connectivity index (χ4n) is 2.13. The van der Waals surface area contributed by atoms with E-state index in [1.807, 2.05) is 25.2 Å². The second kappa shape index (κ2) is 8.11. The fraction of sp³-hybridized carbons (Fsp3) is 0.188. The van der Waals surface area contributed by atoms with E-state index in [4.69, 9.17) is 4.74 Å². The number of pyridine rings is 1. The van der Waals surface area contributed by atoms with Crippen molar-refractivity contribution >= 4 is 40.0 Å². The Kier molecular flexibility index (Phi) is 5.64. The summed E-state index contributed by atoms with van der Waals surface area (Å²) >= 11 is 2.51. The van der Waals surface area contributed by atoms with Gasteiger partial charge >= 0.3 is 5.97 Å². The van der Waals surface area contributed by atoms with Crippen LogP contribution in [0.1, 0.15) is 10.4 Å². The summed E-state index contributed by atoms with van der Waals surface area (Å²) in [5, 5.41) is 13.7. The average Bonchev–Trinajstić information content (AvgIpc) is 3.26. The van der Waals surface area contributed by atoms with Crippen LogP contribution >= 0.6 is 23.1 Å². The molecule has 1 N–H and O–H groups in total. The Labute approximate surface area is 157 Å². The Bertz CT molecular complexity index is 923. The third kappa shape index (κ3) is 3.92. The molecular formula is C16H15N5O3S2. The highest BCUT2D eigenvalue weighted by Crippen LogP contribution is 2.25. The number of carbonyl (C=O) groups is 2. The van der Waals surface area contributed by atoms with Crippen LogP contribution in [0.3, 0.4) is 0 Å². The molecule has 0 saturated carbocycles. The van der Waals surface area contributed by atoms with Gasteiger partial charge in [0.15, 0.2) is 11.0 Å². The van der Waals surface area contributed by atoms with Crippen LogP contribution in [0.15, 0.2) is 41.0 Å². The molecule has 1 amide bonds. The van der Waals surface area contributed by atoms with Crippen molar-refractivity contribution in [2.75, 3.05) is 18.2 Å². The lowest BCUT2D eigenvalue weighted by atomic mass is 10.3. The second-order valence-electron chi connectivity index (χ2n) is 5.07. The van der Waals surface area contributed by atoms with Gasteiger partial charge in [-0.05, 0) is 23.6 Å². The number of aromatic nitrogens is 4. The Morgan fingerprint density at radius 2 is 2.15 bits per heavy atom. The van der Waals surface area contributed by atoms with Crippen molar-refractivity contribution in [3.8, 4) is 11.5 Å². The highest BCUT2D eigenvalue weighted by atomic mass is 32.2. The minimum Gasteiger partial charge on any atom is -0.465 e. The molecule has 0 aliphatic rings. The molecule has 26 heavy (non-hydrogen) atoms. The lowest BCUT2D eigenvalue weighted by molar-refractivity contribution is -0.113. The molecule has 0 aliphatic carbocycles. The number of anilines is 1. The van der Waals surface area contributed by atoms with Crippen LogP contribution in [-0.4, -0.2) is 44.5 Å². The highest BCUT2D eigenvalue weighted by Gasteiger charge is 2.17. The van der Waals surface area contributed by atoms with Gasteiger partial charge in [-0.1, -0.05) is 17.8 Å². The molecule has 134 valence electrons. The zero-order valence-electron chi connectivity index (χ0n) is 14.0. The van der Waals surface area contributed by atoms with E-state index in [0.717, 1.165) is 0 Å². The van der Waals surface area contributed by atoms with E-state index in [1.165, 1.54) is 30.2 Å². The third-order valence-corrected chi connectivity index (χ3v) is 5.23. The third-order valence-electron chi connectivity index (χ3n) is 3.38. The van der Waals surface area contributed by atoms with Gasteiger partial charge in [-0.15, -0.1) is 21.5 Å². The largest absolute Gasteiger partial charge is 0.465 e. The first kappa shape index (κ1) is 18.1. The topological polar surface area (TPSA) is 99.0 Å². The molecular weight excluding hydrogens is 374 g/mol. The summed E-state index contributed by atoms with van der Waals surface area (Å²) < 4.78 is 6.47. The molecule has 3 aromatic heterocycles. The van der Waals surface area contributed by atoms with E-state index in [9.17, 15) is 9.59 Å². The number of nitrogens with zero attached hydrogens (tertiary/aromatic N) is 4. The lowest BCUT2D eigenvalue weighted by Crippen LogP contribution is -2.16. The molecule has 8 nitrogen and oxygen atoms in total. The number of methoxy groups -OCH3 is 1. The molecule has 0 atom stereocenters. The number of thioether (sulfide) groups is 1. The standard InChI is InChI=1S/C16H15N5O3S2/c1-21-13(11-5-3-4-7-17-11)19-20-16(21)26-9-12(22)18-14-10(6-8-25-14)15(23)24-2/h3-8H,9H2,1-2H3,(H,18,22). The SMILES string of the molecule is COC(=O)c1ccsc1NC(=O)CSc1nnc(-c2ccccn2)n1C. The molecule has 0 saturated heterocycles. The van der Waals surface area contributed by atoms with Crippen molar-refractivity contribution in [3.05, 3.63) is 41.4 Å². The van der Waals surface area contributed by atoms with Crippen LogP contribution in [0.5, 0.6) is 0 Å². The first-order chi connectivity index (χ1) is 12.6. The van der Waals surface area contributed by atoms with Crippen LogP contribution < -0.4 is 5.32 Å². The highest BCUT2D eigenvalue weighted by molar-refractivity contribution is 7.99. The quantitative estimate of drug-likeness (QED) is 0.511. The molecule has 0 spiro atoms. The zero-order chi connectivity index (χ0) is 18.5. The summed E-state index contributed by atoms with van der Waals surface area (Å²) in [5.41, 5.74) is 1.05. The van der Waals surface area contributed by atoms with Crippen LogP contribution in [0.2, 0.25) is 0 Å². The van der Waals surface area contributed by atoms with Gasteiger partial charge in [-0.25, -0.2) is 4.79 Å². The maximum atomic E-state index is 12.2. The second-order valence-corrected chi connectivity index (χ2v) is 6.93. The maximum absolute atomic E-state index is 12.2. The number of esters is 1. The average molecular weight is 389 g/mol. The monoisotopic (exact) mass is 389 g/mol. The summed E-state index contributed by atoms with van der Waals surface area (Å²) in [6.45, 7) is 0. The smallest absolute Gasteiger partial charge is 0.340 e. The molecule has 3 heterocycles. The van der Waals surface area contributed by atoms with Gasteiger partial charge in [0, 0.05) is 13.2 Å². The van der Waals surface area contributed by atoms with Crippen LogP contribution in [-0.2, 0) is 16.6 Å². The van der Waals surface area contributed by atoms with E-state index in [2.05, 4.69) is 20.5 Å². The lowest BCUT2D eigenvalue weighted by Gasteiger charge is -2.05. The number of hydrogen-bond acceptors (Lipinski definition) is 8. The van der Waals surface area contributed by atoms with E-state index in [-0.39, 0.29) is 11.7 Å².